The molecule has 0 aliphatic heterocycles. The predicted octanol–water partition coefficient (Wildman–Crippen LogP) is -0.357. The van der Waals surface area contributed by atoms with Gasteiger partial charge in [0.1, 0.15) is 12.6 Å². The van der Waals surface area contributed by atoms with Crippen molar-refractivity contribution < 1.29 is 28.5 Å². The van der Waals surface area contributed by atoms with E-state index < -0.39 is 0 Å². The quantitative estimate of drug-likeness (QED) is 0.424. The Hall–Kier alpha value is -1.10. The van der Waals surface area contributed by atoms with Crippen LogP contribution in [0.5, 0.6) is 0 Å². The lowest BCUT2D eigenvalue weighted by Gasteiger charge is -2.00. The number of benzene rings is 1. The third-order valence-corrected chi connectivity index (χ3v) is 3.17. The van der Waals surface area contributed by atoms with Crippen LogP contribution in [0.25, 0.3) is 21.8 Å². The first-order valence-corrected chi connectivity index (χ1v) is 5.67. The number of aryl methyl sites for hydroxylation is 2. The van der Waals surface area contributed by atoms with Crippen molar-refractivity contribution in [3.8, 4) is 0 Å². The first kappa shape index (κ1) is 12.4. The molecule has 0 fully saturated rings. The molecule has 2 nitrogen and oxygen atoms in total. The van der Waals surface area contributed by atoms with Crippen LogP contribution >= 0.6 is 0 Å². The highest BCUT2D eigenvalue weighted by atomic mass is 127. The molecule has 0 atom stereocenters. The fraction of sp³-hybridized carbons (Fsp3) is 0.214. The average Bonchev–Trinajstić information content (AvgIpc) is 2.61. The topological polar surface area (TPSA) is 8.81 Å². The van der Waals surface area contributed by atoms with E-state index in [1.807, 2.05) is 0 Å². The molecule has 3 heteroatoms. The van der Waals surface area contributed by atoms with Crippen LogP contribution in [0.1, 0.15) is 6.92 Å². The molecule has 0 bridgehead atoms. The molecule has 0 saturated heterocycles. The molecule has 0 unspecified atom stereocenters. The van der Waals surface area contributed by atoms with Crippen molar-refractivity contribution in [3.63, 3.8) is 0 Å². The Bertz CT molecular complexity index is 670. The molecule has 0 saturated carbocycles. The first-order chi connectivity index (χ1) is 7.81. The second-order valence-corrected chi connectivity index (χ2v) is 4.17. The second-order valence-electron chi connectivity index (χ2n) is 4.17. The first-order valence-electron chi connectivity index (χ1n) is 5.67. The van der Waals surface area contributed by atoms with Gasteiger partial charge in [0.05, 0.1) is 0 Å². The van der Waals surface area contributed by atoms with Gasteiger partial charge in [-0.1, -0.05) is 18.2 Å². The molecular formula is C14H15IN2. The summed E-state index contributed by atoms with van der Waals surface area (Å²) in [5.41, 5.74) is 2.64. The number of fused-ring (bicyclic) bond motifs is 3. The monoisotopic (exact) mass is 338 g/mol. The minimum absolute atomic E-state index is 0. The summed E-state index contributed by atoms with van der Waals surface area (Å²) in [7, 11) is 2.07. The van der Waals surface area contributed by atoms with Crippen LogP contribution in [-0.4, -0.2) is 4.57 Å². The zero-order chi connectivity index (χ0) is 11.1. The molecule has 0 spiro atoms. The van der Waals surface area contributed by atoms with E-state index >= 15 is 0 Å². The van der Waals surface area contributed by atoms with Crippen LogP contribution in [-0.2, 0) is 13.6 Å². The summed E-state index contributed by atoms with van der Waals surface area (Å²) in [4.78, 5) is 0. The van der Waals surface area contributed by atoms with Gasteiger partial charge in [-0.05, 0) is 13.0 Å². The normalized spacial score (nSPS) is 10.7. The Morgan fingerprint density at radius 1 is 1.06 bits per heavy atom. The summed E-state index contributed by atoms with van der Waals surface area (Å²) in [5, 5.41) is 2.69. The van der Waals surface area contributed by atoms with E-state index in [1.165, 1.54) is 21.8 Å². The SMILES string of the molecule is CCn1c2ccccc2c2cc[n+](C)cc21.[I-]. The van der Waals surface area contributed by atoms with Gasteiger partial charge in [-0.15, -0.1) is 0 Å². The van der Waals surface area contributed by atoms with Crippen LogP contribution in [0.4, 0.5) is 0 Å². The van der Waals surface area contributed by atoms with Crippen molar-refractivity contribution in [3.05, 3.63) is 42.7 Å². The van der Waals surface area contributed by atoms with Gasteiger partial charge in [-0.25, -0.2) is 4.57 Å². The fourth-order valence-corrected chi connectivity index (χ4v) is 2.43. The molecule has 17 heavy (non-hydrogen) atoms. The highest BCUT2D eigenvalue weighted by Crippen LogP contribution is 2.27. The maximum Gasteiger partial charge on any atom is 0.193 e. The lowest BCUT2D eigenvalue weighted by molar-refractivity contribution is -0.670. The molecule has 88 valence electrons. The number of pyridine rings is 1. The van der Waals surface area contributed by atoms with Crippen LogP contribution in [0, 0.1) is 0 Å². The molecule has 2 aromatic heterocycles. The highest BCUT2D eigenvalue weighted by molar-refractivity contribution is 6.07. The molecule has 1 aromatic carbocycles. The maximum atomic E-state index is 2.37. The molecular weight excluding hydrogens is 323 g/mol. The van der Waals surface area contributed by atoms with Crippen molar-refractivity contribution in [2.45, 2.75) is 13.5 Å². The van der Waals surface area contributed by atoms with Crippen LogP contribution < -0.4 is 28.5 Å². The van der Waals surface area contributed by atoms with Gasteiger partial charge in [0.15, 0.2) is 12.4 Å². The summed E-state index contributed by atoms with van der Waals surface area (Å²) < 4.78 is 4.47. The van der Waals surface area contributed by atoms with Gasteiger partial charge in [0, 0.05) is 28.9 Å². The third-order valence-electron chi connectivity index (χ3n) is 3.17. The van der Waals surface area contributed by atoms with Crippen molar-refractivity contribution in [1.29, 1.82) is 0 Å². The van der Waals surface area contributed by atoms with Crippen LogP contribution in [0.15, 0.2) is 42.7 Å². The van der Waals surface area contributed by atoms with Crippen molar-refractivity contribution in [2.24, 2.45) is 7.05 Å². The number of hydrogen-bond acceptors (Lipinski definition) is 0. The number of aromatic nitrogens is 2. The van der Waals surface area contributed by atoms with E-state index in [-0.39, 0.29) is 24.0 Å². The Labute approximate surface area is 118 Å². The smallest absolute Gasteiger partial charge is 0.193 e. The average molecular weight is 338 g/mol. The zero-order valence-corrected chi connectivity index (χ0v) is 12.2. The van der Waals surface area contributed by atoms with Crippen molar-refractivity contribution in [1.82, 2.24) is 4.57 Å². The Morgan fingerprint density at radius 2 is 1.76 bits per heavy atom. The standard InChI is InChI=1S/C14H15N2.HI/c1-3-16-13-7-5-4-6-11(13)12-8-9-15(2)10-14(12)16;/h4-10H,3H2,1-2H3;1H/q+1;/p-1. The number of rotatable bonds is 1. The molecule has 2 heterocycles. The number of para-hydroxylation sites is 1. The lowest BCUT2D eigenvalue weighted by Crippen LogP contribution is -3.00. The minimum Gasteiger partial charge on any atom is -1.00 e. The fourth-order valence-electron chi connectivity index (χ4n) is 2.43. The summed E-state index contributed by atoms with van der Waals surface area (Å²) in [6.45, 7) is 3.20. The highest BCUT2D eigenvalue weighted by Gasteiger charge is 2.11. The molecule has 0 aliphatic carbocycles. The van der Waals surface area contributed by atoms with Gasteiger partial charge in [-0.3, -0.25) is 0 Å². The summed E-state index contributed by atoms with van der Waals surface area (Å²) >= 11 is 0. The molecule has 0 N–H and O–H groups in total. The largest absolute Gasteiger partial charge is 1.00 e. The summed E-state index contributed by atoms with van der Waals surface area (Å²) in [6.07, 6.45) is 4.30. The van der Waals surface area contributed by atoms with E-state index in [2.05, 4.69) is 65.8 Å². The van der Waals surface area contributed by atoms with Gasteiger partial charge in [0.25, 0.3) is 0 Å². The zero-order valence-electron chi connectivity index (χ0n) is 10.0. The maximum absolute atomic E-state index is 2.37. The lowest BCUT2D eigenvalue weighted by atomic mass is 10.2. The van der Waals surface area contributed by atoms with Gasteiger partial charge in [0.2, 0.25) is 0 Å². The van der Waals surface area contributed by atoms with Gasteiger partial charge in [-0.2, -0.15) is 0 Å². The molecule has 0 amide bonds. The number of hydrogen-bond donors (Lipinski definition) is 0. The van der Waals surface area contributed by atoms with E-state index in [9.17, 15) is 0 Å². The van der Waals surface area contributed by atoms with Gasteiger partial charge >= 0.3 is 0 Å². The molecule has 3 aromatic rings. The number of halogens is 1. The minimum atomic E-state index is 0. The summed E-state index contributed by atoms with van der Waals surface area (Å²) in [5.74, 6) is 0. The van der Waals surface area contributed by atoms with E-state index in [0.717, 1.165) is 6.54 Å². The van der Waals surface area contributed by atoms with Gasteiger partial charge < -0.3 is 28.5 Å². The summed E-state index contributed by atoms with van der Waals surface area (Å²) in [6, 6.07) is 10.8. The number of nitrogens with zero attached hydrogens (tertiary/aromatic N) is 2. The molecule has 0 radical (unpaired) electrons. The Morgan fingerprint density at radius 3 is 2.53 bits per heavy atom. The third kappa shape index (κ3) is 1.82. The molecule has 0 aliphatic rings. The van der Waals surface area contributed by atoms with Crippen molar-refractivity contribution >= 4 is 21.8 Å². The Balaban J connectivity index is 0.00000108. The molecule has 3 rings (SSSR count). The Kier molecular flexibility index (Phi) is 3.38. The van der Waals surface area contributed by atoms with E-state index in [0.29, 0.717) is 0 Å². The van der Waals surface area contributed by atoms with Crippen LogP contribution in [0.2, 0.25) is 0 Å². The van der Waals surface area contributed by atoms with E-state index in [4.69, 9.17) is 0 Å². The predicted molar refractivity (Wildman–Crippen MR) is 66.3 cm³/mol. The second kappa shape index (κ2) is 4.64. The van der Waals surface area contributed by atoms with Crippen LogP contribution in [0.3, 0.4) is 0 Å². The van der Waals surface area contributed by atoms with Crippen molar-refractivity contribution in [2.75, 3.05) is 0 Å². The van der Waals surface area contributed by atoms with E-state index in [1.54, 1.807) is 0 Å².